The van der Waals surface area contributed by atoms with Gasteiger partial charge < -0.3 is 15.9 Å². The van der Waals surface area contributed by atoms with E-state index in [1.54, 1.807) is 0 Å². The number of aliphatic hydroxyl groups is 1. The van der Waals surface area contributed by atoms with E-state index in [-0.39, 0.29) is 22.3 Å². The van der Waals surface area contributed by atoms with Gasteiger partial charge in [-0.2, -0.15) is 0 Å². The average molecular weight is 336 g/mol. The lowest BCUT2D eigenvalue weighted by Crippen LogP contribution is -2.36. The Bertz CT molecular complexity index is 536. The summed E-state index contributed by atoms with van der Waals surface area (Å²) < 4.78 is 0. The summed E-state index contributed by atoms with van der Waals surface area (Å²) in [4.78, 5) is 0. The topological polar surface area (TPSA) is 66.5 Å². The van der Waals surface area contributed by atoms with Gasteiger partial charge in [0.25, 0.3) is 0 Å². The van der Waals surface area contributed by atoms with Gasteiger partial charge in [-0.05, 0) is 51.5 Å². The van der Waals surface area contributed by atoms with Crippen molar-refractivity contribution in [2.45, 2.75) is 91.7 Å². The van der Waals surface area contributed by atoms with Gasteiger partial charge in [-0.15, -0.1) is 0 Å². The Morgan fingerprint density at radius 1 is 0.875 bits per heavy atom. The molecule has 0 fully saturated rings. The van der Waals surface area contributed by atoms with E-state index in [9.17, 15) is 10.2 Å². The molecule has 0 saturated heterocycles. The number of benzene rings is 1. The number of aliphatic hydroxyl groups excluding tert-OH is 1. The molecule has 0 aliphatic carbocycles. The average Bonchev–Trinajstić information content (AvgIpc) is 2.34. The number of phenolic OH excluding ortho intramolecular Hbond substituents is 1. The number of nitrogens with two attached hydrogens (primary N) is 1. The smallest absolute Gasteiger partial charge is 0.123 e. The first-order chi connectivity index (χ1) is 10.5. The van der Waals surface area contributed by atoms with Crippen LogP contribution in [0.2, 0.25) is 0 Å². The highest BCUT2D eigenvalue weighted by molar-refractivity contribution is 5.50. The minimum Gasteiger partial charge on any atom is -0.507 e. The summed E-state index contributed by atoms with van der Waals surface area (Å²) in [6, 6.07) is 3.77. The molecule has 3 nitrogen and oxygen atoms in total. The number of rotatable bonds is 3. The van der Waals surface area contributed by atoms with Gasteiger partial charge in [0.15, 0.2) is 0 Å². The van der Waals surface area contributed by atoms with E-state index in [2.05, 4.69) is 62.3 Å². The number of hydrogen-bond acceptors (Lipinski definition) is 3. The largest absolute Gasteiger partial charge is 0.507 e. The molecule has 3 heteroatoms. The first kappa shape index (κ1) is 21.0. The molecule has 2 atom stereocenters. The summed E-state index contributed by atoms with van der Waals surface area (Å²) in [6.07, 6.45) is -0.136. The van der Waals surface area contributed by atoms with E-state index in [0.29, 0.717) is 12.2 Å². The van der Waals surface area contributed by atoms with E-state index >= 15 is 0 Å². The fourth-order valence-electron chi connectivity index (χ4n) is 2.72. The fraction of sp³-hybridized carbons (Fsp3) is 0.714. The Morgan fingerprint density at radius 2 is 1.25 bits per heavy atom. The molecule has 0 unspecified atom stereocenters. The molecule has 138 valence electrons. The molecule has 0 spiro atoms. The van der Waals surface area contributed by atoms with Gasteiger partial charge in [-0.25, -0.2) is 0 Å². The minimum absolute atomic E-state index is 0.0579. The summed E-state index contributed by atoms with van der Waals surface area (Å²) >= 11 is 0. The Labute approximate surface area is 148 Å². The van der Waals surface area contributed by atoms with Gasteiger partial charge in [0.05, 0.1) is 6.10 Å². The van der Waals surface area contributed by atoms with Crippen molar-refractivity contribution in [2.75, 3.05) is 0 Å². The molecule has 0 aromatic heterocycles. The SMILES string of the molecule is CC(C)(C)c1cc([C@@H](O)C[C@H](N)C(C)(C)C)cc(C(C)(C)C)c1O. The second-order valence-electron chi connectivity index (χ2n) is 10.2. The first-order valence-electron chi connectivity index (χ1n) is 8.86. The molecular formula is C21H37NO2. The van der Waals surface area contributed by atoms with Gasteiger partial charge in [0.2, 0.25) is 0 Å². The van der Waals surface area contributed by atoms with Crippen LogP contribution < -0.4 is 5.73 Å². The van der Waals surface area contributed by atoms with Crippen LogP contribution in [-0.2, 0) is 10.8 Å². The summed E-state index contributed by atoms with van der Waals surface area (Å²) in [5, 5.41) is 21.5. The van der Waals surface area contributed by atoms with E-state index in [4.69, 9.17) is 5.73 Å². The van der Waals surface area contributed by atoms with Crippen molar-refractivity contribution in [2.24, 2.45) is 11.1 Å². The van der Waals surface area contributed by atoms with Gasteiger partial charge >= 0.3 is 0 Å². The van der Waals surface area contributed by atoms with Gasteiger partial charge in [0.1, 0.15) is 5.75 Å². The van der Waals surface area contributed by atoms with E-state index < -0.39 is 6.10 Å². The lowest BCUT2D eigenvalue weighted by atomic mass is 9.77. The standard InChI is InChI=1S/C21H37NO2/c1-19(2,3)14-10-13(11-15(18(14)24)20(4,5)6)16(23)12-17(22)21(7,8)9/h10-11,16-17,23-24H,12,22H2,1-9H3/t16-,17-/m0/s1. The molecule has 1 aromatic rings. The van der Waals surface area contributed by atoms with Crippen molar-refractivity contribution in [3.63, 3.8) is 0 Å². The number of aromatic hydroxyl groups is 1. The van der Waals surface area contributed by atoms with E-state index in [0.717, 1.165) is 16.7 Å². The molecule has 1 aromatic carbocycles. The zero-order valence-corrected chi connectivity index (χ0v) is 17.0. The van der Waals surface area contributed by atoms with Crippen LogP contribution in [0.15, 0.2) is 12.1 Å². The maximum Gasteiger partial charge on any atom is 0.123 e. The van der Waals surface area contributed by atoms with Crippen LogP contribution in [0.1, 0.15) is 91.5 Å². The lowest BCUT2D eigenvalue weighted by molar-refractivity contribution is 0.133. The van der Waals surface area contributed by atoms with Crippen LogP contribution in [0.5, 0.6) is 5.75 Å². The molecule has 1 rings (SSSR count). The van der Waals surface area contributed by atoms with E-state index in [1.807, 2.05) is 12.1 Å². The van der Waals surface area contributed by atoms with Gasteiger partial charge in [-0.3, -0.25) is 0 Å². The van der Waals surface area contributed by atoms with Crippen molar-refractivity contribution in [3.8, 4) is 5.75 Å². The van der Waals surface area contributed by atoms with Crippen molar-refractivity contribution in [3.05, 3.63) is 28.8 Å². The predicted octanol–water partition coefficient (Wildman–Crippen LogP) is 4.78. The van der Waals surface area contributed by atoms with E-state index in [1.165, 1.54) is 0 Å². The normalized spacial score (nSPS) is 16.1. The quantitative estimate of drug-likeness (QED) is 0.744. The minimum atomic E-state index is -0.637. The zero-order chi connectivity index (χ0) is 19.1. The molecule has 0 bridgehead atoms. The zero-order valence-electron chi connectivity index (χ0n) is 17.0. The number of hydrogen-bond donors (Lipinski definition) is 3. The lowest BCUT2D eigenvalue weighted by Gasteiger charge is -2.31. The second kappa shape index (κ2) is 6.68. The molecule has 0 saturated carbocycles. The summed E-state index contributed by atoms with van der Waals surface area (Å²) in [5.41, 5.74) is 8.37. The van der Waals surface area contributed by atoms with Crippen molar-refractivity contribution in [1.29, 1.82) is 0 Å². The Kier molecular flexibility index (Phi) is 5.84. The van der Waals surface area contributed by atoms with Crippen molar-refractivity contribution < 1.29 is 10.2 Å². The highest BCUT2D eigenvalue weighted by atomic mass is 16.3. The van der Waals surface area contributed by atoms with Crippen LogP contribution in [-0.4, -0.2) is 16.3 Å². The molecule has 0 aliphatic heterocycles. The maximum atomic E-state index is 10.8. The molecule has 0 aliphatic rings. The molecule has 0 radical (unpaired) electrons. The highest BCUT2D eigenvalue weighted by Gasteiger charge is 2.29. The monoisotopic (exact) mass is 335 g/mol. The van der Waals surface area contributed by atoms with Crippen molar-refractivity contribution in [1.82, 2.24) is 0 Å². The molecule has 24 heavy (non-hydrogen) atoms. The van der Waals surface area contributed by atoms with Crippen LogP contribution >= 0.6 is 0 Å². The molecule has 4 N–H and O–H groups in total. The Morgan fingerprint density at radius 3 is 1.54 bits per heavy atom. The summed E-state index contributed by atoms with van der Waals surface area (Å²) in [7, 11) is 0. The Balaban J connectivity index is 3.39. The Hall–Kier alpha value is -1.06. The van der Waals surface area contributed by atoms with Crippen LogP contribution in [0.25, 0.3) is 0 Å². The number of phenols is 1. The summed E-state index contributed by atoms with van der Waals surface area (Å²) in [6.45, 7) is 18.7. The molecular weight excluding hydrogens is 298 g/mol. The van der Waals surface area contributed by atoms with Crippen LogP contribution in [0.4, 0.5) is 0 Å². The van der Waals surface area contributed by atoms with Gasteiger partial charge in [-0.1, -0.05) is 62.3 Å². The second-order valence-corrected chi connectivity index (χ2v) is 10.2. The third-order valence-electron chi connectivity index (χ3n) is 4.72. The van der Waals surface area contributed by atoms with Crippen LogP contribution in [0.3, 0.4) is 0 Å². The van der Waals surface area contributed by atoms with Crippen LogP contribution in [0, 0.1) is 5.41 Å². The molecule has 0 heterocycles. The van der Waals surface area contributed by atoms with Gasteiger partial charge in [0, 0.05) is 6.04 Å². The van der Waals surface area contributed by atoms with Crippen molar-refractivity contribution >= 4 is 0 Å². The highest BCUT2D eigenvalue weighted by Crippen LogP contribution is 2.41. The molecule has 0 amide bonds. The fourth-order valence-corrected chi connectivity index (χ4v) is 2.72. The first-order valence-corrected chi connectivity index (χ1v) is 8.86. The third kappa shape index (κ3) is 4.97. The maximum absolute atomic E-state index is 10.8. The third-order valence-corrected chi connectivity index (χ3v) is 4.72. The summed E-state index contributed by atoms with van der Waals surface area (Å²) in [5.74, 6) is 0.339. The predicted molar refractivity (Wildman–Crippen MR) is 103 cm³/mol.